The molecule has 0 aliphatic rings. The van der Waals surface area contributed by atoms with E-state index in [1.54, 1.807) is 18.2 Å². The molecule has 176 valence electrons. The first-order chi connectivity index (χ1) is 15.3. The first-order valence-electron chi connectivity index (χ1n) is 9.90. The lowest BCUT2D eigenvalue weighted by molar-refractivity contribution is -0.148. The van der Waals surface area contributed by atoms with Gasteiger partial charge in [0.2, 0.25) is 0 Å². The van der Waals surface area contributed by atoms with Crippen LogP contribution in [0.4, 0.5) is 26.3 Å². The number of unbranched alkanes of at least 4 members (excludes halogenated alkanes) is 1. The Morgan fingerprint density at radius 3 is 2.06 bits per heavy atom. The van der Waals surface area contributed by atoms with Crippen molar-refractivity contribution in [1.29, 1.82) is 0 Å². The number of fused-ring (bicyclic) bond motifs is 1. The molecule has 0 N–H and O–H groups in total. The third-order valence-electron chi connectivity index (χ3n) is 4.86. The zero-order chi connectivity index (χ0) is 24.6. The average molecular weight is 472 g/mol. The van der Waals surface area contributed by atoms with Gasteiger partial charge in [0.05, 0.1) is 16.7 Å². The highest BCUT2D eigenvalue weighted by atomic mass is 19.4. The second kappa shape index (κ2) is 8.92. The fourth-order valence-corrected chi connectivity index (χ4v) is 3.44. The molecule has 0 unspecified atom stereocenters. The zero-order valence-corrected chi connectivity index (χ0v) is 17.5. The summed E-state index contributed by atoms with van der Waals surface area (Å²) in [6, 6.07) is 6.78. The van der Waals surface area contributed by atoms with Crippen molar-refractivity contribution in [2.75, 3.05) is 0 Å². The number of carbonyl (C=O) groups is 2. The van der Waals surface area contributed by atoms with Crippen molar-refractivity contribution in [3.05, 3.63) is 64.4 Å². The van der Waals surface area contributed by atoms with Crippen LogP contribution in [0, 0.1) is 0 Å². The number of alkyl halides is 6. The highest BCUT2D eigenvalue weighted by molar-refractivity contribution is 6.17. The Labute approximate surface area is 184 Å². The Balaban J connectivity index is 2.29. The van der Waals surface area contributed by atoms with Gasteiger partial charge in [-0.2, -0.15) is 26.3 Å². The van der Waals surface area contributed by atoms with Crippen LogP contribution >= 0.6 is 0 Å². The SMILES string of the molecule is CCCCc1oc2ccccc2c1C(=O)c1cc(C(F)(F)F)c(OC(C)=O)c(C(F)(F)F)c1. The van der Waals surface area contributed by atoms with E-state index >= 15 is 0 Å². The van der Waals surface area contributed by atoms with Crippen molar-refractivity contribution in [2.24, 2.45) is 0 Å². The van der Waals surface area contributed by atoms with Crippen molar-refractivity contribution < 1.29 is 45.1 Å². The summed E-state index contributed by atoms with van der Waals surface area (Å²) in [5.41, 5.74) is -4.41. The molecule has 0 saturated carbocycles. The number of aryl methyl sites for hydroxylation is 1. The number of esters is 1. The molecule has 0 aliphatic carbocycles. The fraction of sp³-hybridized carbons (Fsp3) is 0.304. The molecular weight excluding hydrogens is 454 g/mol. The van der Waals surface area contributed by atoms with E-state index in [1.807, 2.05) is 6.92 Å². The second-order valence-electron chi connectivity index (χ2n) is 7.32. The molecule has 1 aromatic heterocycles. The molecule has 0 bridgehead atoms. The maximum absolute atomic E-state index is 13.7. The highest BCUT2D eigenvalue weighted by Gasteiger charge is 2.44. The summed E-state index contributed by atoms with van der Waals surface area (Å²) in [6.45, 7) is 2.56. The molecule has 0 aliphatic heterocycles. The standard InChI is InChI=1S/C23H18F6O4/c1-3-4-8-18-19(14-7-5-6-9-17(14)33-18)20(31)13-10-15(22(24,25)26)21(32-12(2)30)16(11-13)23(27,28)29/h5-7,9-11H,3-4,8H2,1-2H3. The van der Waals surface area contributed by atoms with Crippen LogP contribution in [0.1, 0.15) is 59.5 Å². The molecule has 0 amide bonds. The van der Waals surface area contributed by atoms with Gasteiger partial charge >= 0.3 is 18.3 Å². The lowest BCUT2D eigenvalue weighted by Gasteiger charge is -2.19. The van der Waals surface area contributed by atoms with Gasteiger partial charge in [-0.1, -0.05) is 31.5 Å². The first-order valence-corrected chi connectivity index (χ1v) is 9.90. The van der Waals surface area contributed by atoms with Crippen molar-refractivity contribution in [3.63, 3.8) is 0 Å². The summed E-state index contributed by atoms with van der Waals surface area (Å²) in [4.78, 5) is 24.5. The van der Waals surface area contributed by atoms with Crippen LogP contribution in [0.2, 0.25) is 0 Å². The molecule has 2 aromatic carbocycles. The number of rotatable bonds is 6. The average Bonchev–Trinajstić information content (AvgIpc) is 3.08. The third-order valence-corrected chi connectivity index (χ3v) is 4.86. The molecular formula is C23H18F6O4. The second-order valence-corrected chi connectivity index (χ2v) is 7.32. The lowest BCUT2D eigenvalue weighted by atomic mass is 9.94. The number of ketones is 1. The summed E-state index contributed by atoms with van der Waals surface area (Å²) in [7, 11) is 0. The van der Waals surface area contributed by atoms with Gasteiger partial charge in [-0.25, -0.2) is 0 Å². The number of carbonyl (C=O) groups excluding carboxylic acids is 2. The van der Waals surface area contributed by atoms with Crippen LogP contribution in [0.3, 0.4) is 0 Å². The number of hydrogen-bond donors (Lipinski definition) is 0. The minimum Gasteiger partial charge on any atom is -0.460 e. The molecule has 0 radical (unpaired) electrons. The van der Waals surface area contributed by atoms with Gasteiger partial charge in [0, 0.05) is 24.3 Å². The Morgan fingerprint density at radius 1 is 0.970 bits per heavy atom. The molecule has 4 nitrogen and oxygen atoms in total. The van der Waals surface area contributed by atoms with E-state index in [1.165, 1.54) is 6.07 Å². The maximum atomic E-state index is 13.7. The van der Waals surface area contributed by atoms with Gasteiger partial charge in [-0.15, -0.1) is 0 Å². The van der Waals surface area contributed by atoms with E-state index in [2.05, 4.69) is 4.74 Å². The topological polar surface area (TPSA) is 56.5 Å². The van der Waals surface area contributed by atoms with E-state index in [0.717, 1.165) is 6.42 Å². The number of halogens is 6. The Bertz CT molecular complexity index is 1170. The molecule has 3 aromatic rings. The van der Waals surface area contributed by atoms with Crippen LogP contribution in [-0.4, -0.2) is 11.8 Å². The summed E-state index contributed by atoms with van der Waals surface area (Å²) < 4.78 is 92.0. The van der Waals surface area contributed by atoms with Crippen LogP contribution < -0.4 is 4.74 Å². The number of ether oxygens (including phenoxy) is 1. The first kappa shape index (κ1) is 24.3. The summed E-state index contributed by atoms with van der Waals surface area (Å²) in [5.74, 6) is -3.94. The Kier molecular flexibility index (Phi) is 6.58. The molecule has 10 heteroatoms. The number of benzene rings is 2. The number of furan rings is 1. The van der Waals surface area contributed by atoms with Crippen LogP contribution in [0.25, 0.3) is 11.0 Å². The molecule has 0 fully saturated rings. The molecule has 0 spiro atoms. The lowest BCUT2D eigenvalue weighted by Crippen LogP contribution is -2.19. The van der Waals surface area contributed by atoms with E-state index in [0.29, 0.717) is 13.3 Å². The summed E-state index contributed by atoms with van der Waals surface area (Å²) >= 11 is 0. The van der Waals surface area contributed by atoms with Gasteiger partial charge in [-0.05, 0) is 24.6 Å². The molecule has 3 rings (SSSR count). The Hall–Kier alpha value is -3.30. The Morgan fingerprint density at radius 2 is 1.55 bits per heavy atom. The molecule has 33 heavy (non-hydrogen) atoms. The predicted molar refractivity (Wildman–Crippen MR) is 106 cm³/mol. The maximum Gasteiger partial charge on any atom is 0.420 e. The normalized spacial score (nSPS) is 12.2. The van der Waals surface area contributed by atoms with Gasteiger partial charge in [-0.3, -0.25) is 9.59 Å². The van der Waals surface area contributed by atoms with Gasteiger partial charge < -0.3 is 9.15 Å². The van der Waals surface area contributed by atoms with Gasteiger partial charge in [0.1, 0.15) is 11.3 Å². The minimum absolute atomic E-state index is 0.0967. The van der Waals surface area contributed by atoms with Gasteiger partial charge in [0.15, 0.2) is 11.5 Å². The minimum atomic E-state index is -5.33. The molecule has 1 heterocycles. The number of hydrogen-bond acceptors (Lipinski definition) is 4. The molecule has 0 atom stereocenters. The predicted octanol–water partition coefficient (Wildman–Crippen LogP) is 6.97. The quantitative estimate of drug-likeness (QED) is 0.168. The summed E-state index contributed by atoms with van der Waals surface area (Å²) in [6.07, 6.45) is -9.07. The zero-order valence-electron chi connectivity index (χ0n) is 17.5. The van der Waals surface area contributed by atoms with E-state index < -0.39 is 46.5 Å². The van der Waals surface area contributed by atoms with E-state index in [4.69, 9.17) is 4.42 Å². The largest absolute Gasteiger partial charge is 0.460 e. The smallest absolute Gasteiger partial charge is 0.420 e. The van der Waals surface area contributed by atoms with Crippen LogP contribution in [-0.2, 0) is 23.6 Å². The third kappa shape index (κ3) is 5.04. The fourth-order valence-electron chi connectivity index (χ4n) is 3.44. The van der Waals surface area contributed by atoms with Crippen LogP contribution in [0.15, 0.2) is 40.8 Å². The van der Waals surface area contributed by atoms with Crippen molar-refractivity contribution in [3.8, 4) is 5.75 Å². The monoisotopic (exact) mass is 472 g/mol. The van der Waals surface area contributed by atoms with E-state index in [9.17, 15) is 35.9 Å². The van der Waals surface area contributed by atoms with Gasteiger partial charge in [0.25, 0.3) is 0 Å². The molecule has 0 saturated heterocycles. The van der Waals surface area contributed by atoms with Crippen molar-refractivity contribution in [1.82, 2.24) is 0 Å². The van der Waals surface area contributed by atoms with Crippen molar-refractivity contribution in [2.45, 2.75) is 45.5 Å². The highest BCUT2D eigenvalue weighted by Crippen LogP contribution is 2.45. The van der Waals surface area contributed by atoms with Crippen LogP contribution in [0.5, 0.6) is 5.75 Å². The number of para-hydroxylation sites is 1. The summed E-state index contributed by atoms with van der Waals surface area (Å²) in [5, 5.41) is 0.278. The van der Waals surface area contributed by atoms with Crippen molar-refractivity contribution >= 4 is 22.7 Å². The van der Waals surface area contributed by atoms with E-state index in [-0.39, 0.29) is 40.8 Å².